The highest BCUT2D eigenvalue weighted by molar-refractivity contribution is 8.03. The molecule has 15 heavy (non-hydrogen) atoms. The Kier molecular flexibility index (Phi) is 4.12. The number of sulfonamides is 1. The third-order valence-electron chi connectivity index (χ3n) is 0.836. The summed E-state index contributed by atoms with van der Waals surface area (Å²) in [5.41, 5.74) is -5.71. The predicted molar refractivity (Wildman–Crippen MR) is 43.3 cm³/mol. The molecule has 0 atom stereocenters. The summed E-state index contributed by atoms with van der Waals surface area (Å²) < 4.78 is 81.6. The predicted octanol–water partition coefficient (Wildman–Crippen LogP) is 0.0954. The monoisotopic (exact) mass is 271 g/mol. The number of alkyl halides is 3. The summed E-state index contributed by atoms with van der Waals surface area (Å²) >= 11 is 0. The zero-order valence-corrected chi connectivity index (χ0v) is 9.20. The average molecular weight is 271 g/mol. The topological polar surface area (TPSA) is 89.5 Å². The van der Waals surface area contributed by atoms with E-state index in [-0.39, 0.29) is 0 Å². The minimum atomic E-state index is -5.96. The third-order valence-corrected chi connectivity index (χ3v) is 3.78. The van der Waals surface area contributed by atoms with Gasteiger partial charge in [-0.2, -0.15) is 21.6 Å². The lowest BCUT2D eigenvalue weighted by atomic mass is 10.5. The minimum Gasteiger partial charge on any atom is -0.255 e. The molecule has 0 spiro atoms. The molecule has 0 amide bonds. The van der Waals surface area contributed by atoms with Crippen molar-refractivity contribution in [3.05, 3.63) is 0 Å². The summed E-state index contributed by atoms with van der Waals surface area (Å²) in [5, 5.41) is 0. The van der Waals surface area contributed by atoms with Crippen LogP contribution in [0.1, 0.15) is 13.8 Å². The Labute approximate surface area is 84.7 Å². The van der Waals surface area contributed by atoms with Gasteiger partial charge in [0, 0.05) is 0 Å². The van der Waals surface area contributed by atoms with E-state index in [0.717, 1.165) is 0 Å². The Bertz CT molecular complexity index is 408. The second kappa shape index (κ2) is 4.23. The lowest BCUT2D eigenvalue weighted by molar-refractivity contribution is -0.0442. The normalized spacial score (nSPS) is 14.5. The van der Waals surface area contributed by atoms with Gasteiger partial charge in [0.05, 0.1) is 6.10 Å². The third kappa shape index (κ3) is 4.77. The van der Waals surface area contributed by atoms with Crippen LogP contribution in [0.15, 0.2) is 0 Å². The van der Waals surface area contributed by atoms with Crippen molar-refractivity contribution in [3.8, 4) is 0 Å². The fraction of sp³-hybridized carbons (Fsp3) is 1.00. The van der Waals surface area contributed by atoms with Crippen molar-refractivity contribution in [3.63, 3.8) is 0 Å². The van der Waals surface area contributed by atoms with Crippen molar-refractivity contribution in [2.75, 3.05) is 0 Å². The van der Waals surface area contributed by atoms with Crippen LogP contribution in [0.3, 0.4) is 0 Å². The van der Waals surface area contributed by atoms with E-state index in [2.05, 4.69) is 4.18 Å². The van der Waals surface area contributed by atoms with Gasteiger partial charge in [-0.1, -0.05) is 4.13 Å². The molecular weight excluding hydrogens is 263 g/mol. The highest BCUT2D eigenvalue weighted by Gasteiger charge is 2.48. The molecule has 0 aromatic carbocycles. The Morgan fingerprint density at radius 3 is 1.80 bits per heavy atom. The second-order valence-corrected chi connectivity index (χ2v) is 5.87. The SMILES string of the molecule is CC(C)OS(=O)(=O)NS(=O)(=O)C(F)(F)F. The molecular formula is C4H8F3NO5S2. The van der Waals surface area contributed by atoms with Crippen LogP contribution in [-0.4, -0.2) is 28.4 Å². The van der Waals surface area contributed by atoms with Gasteiger partial charge in [-0.15, -0.1) is 0 Å². The van der Waals surface area contributed by atoms with E-state index in [0.29, 0.717) is 4.13 Å². The van der Waals surface area contributed by atoms with E-state index in [9.17, 15) is 30.0 Å². The van der Waals surface area contributed by atoms with E-state index >= 15 is 0 Å². The first-order valence-corrected chi connectivity index (χ1v) is 6.29. The van der Waals surface area contributed by atoms with Crippen molar-refractivity contribution < 1.29 is 34.2 Å². The van der Waals surface area contributed by atoms with Crippen molar-refractivity contribution in [1.82, 2.24) is 4.13 Å². The summed E-state index contributed by atoms with van der Waals surface area (Å²) in [6.07, 6.45) is -0.981. The van der Waals surface area contributed by atoms with Crippen LogP contribution in [0.2, 0.25) is 0 Å². The molecule has 0 fully saturated rings. The number of hydrogen-bond acceptors (Lipinski definition) is 5. The first-order valence-electron chi connectivity index (χ1n) is 3.40. The Morgan fingerprint density at radius 1 is 1.13 bits per heavy atom. The van der Waals surface area contributed by atoms with Gasteiger partial charge >= 0.3 is 25.8 Å². The lowest BCUT2D eigenvalue weighted by Gasteiger charge is -2.11. The van der Waals surface area contributed by atoms with E-state index < -0.39 is 31.9 Å². The van der Waals surface area contributed by atoms with Gasteiger partial charge < -0.3 is 0 Å². The number of hydrogen-bond donors (Lipinski definition) is 1. The summed E-state index contributed by atoms with van der Waals surface area (Å²) in [7, 11) is -10.9. The van der Waals surface area contributed by atoms with E-state index in [1.54, 1.807) is 0 Å². The highest BCUT2D eigenvalue weighted by atomic mass is 32.3. The smallest absolute Gasteiger partial charge is 0.255 e. The summed E-state index contributed by atoms with van der Waals surface area (Å²) in [4.78, 5) is 0. The van der Waals surface area contributed by atoms with Crippen molar-refractivity contribution in [1.29, 1.82) is 0 Å². The molecule has 6 nitrogen and oxygen atoms in total. The molecule has 0 saturated carbocycles. The zero-order valence-electron chi connectivity index (χ0n) is 7.57. The van der Waals surface area contributed by atoms with E-state index in [1.165, 1.54) is 13.8 Å². The maximum atomic E-state index is 11.7. The van der Waals surface area contributed by atoms with Crippen LogP contribution < -0.4 is 4.13 Å². The van der Waals surface area contributed by atoms with E-state index in [4.69, 9.17) is 0 Å². The Balaban J connectivity index is 4.92. The summed E-state index contributed by atoms with van der Waals surface area (Å²) in [6.45, 7) is 2.42. The molecule has 0 radical (unpaired) electrons. The quantitative estimate of drug-likeness (QED) is 0.783. The van der Waals surface area contributed by atoms with Crippen LogP contribution in [0.5, 0.6) is 0 Å². The van der Waals surface area contributed by atoms with Crippen LogP contribution in [-0.2, 0) is 24.5 Å². The molecule has 0 saturated heterocycles. The largest absolute Gasteiger partial charge is 0.512 e. The molecule has 11 heteroatoms. The summed E-state index contributed by atoms with van der Waals surface area (Å²) in [5.74, 6) is 0. The summed E-state index contributed by atoms with van der Waals surface area (Å²) in [6, 6.07) is 0. The standard InChI is InChI=1S/C4H8F3NO5S2/c1-3(2)13-15(11,12)8-14(9,10)4(5,6)7/h3,8H,1-2H3. The molecule has 0 unspecified atom stereocenters. The molecule has 0 heterocycles. The van der Waals surface area contributed by atoms with Gasteiger partial charge in [-0.3, -0.25) is 4.18 Å². The van der Waals surface area contributed by atoms with Gasteiger partial charge in [0.25, 0.3) is 0 Å². The molecule has 0 rings (SSSR count). The maximum absolute atomic E-state index is 11.7. The first-order chi connectivity index (χ1) is 6.37. The van der Waals surface area contributed by atoms with Crippen LogP contribution in [0.25, 0.3) is 0 Å². The van der Waals surface area contributed by atoms with Crippen molar-refractivity contribution in [2.24, 2.45) is 0 Å². The molecule has 1 N–H and O–H groups in total. The molecule has 0 aromatic heterocycles. The zero-order chi connectivity index (χ0) is 12.5. The number of nitrogens with one attached hydrogen (secondary N) is 1. The van der Waals surface area contributed by atoms with Crippen LogP contribution >= 0.6 is 0 Å². The Morgan fingerprint density at radius 2 is 1.53 bits per heavy atom. The van der Waals surface area contributed by atoms with Gasteiger partial charge in [-0.25, -0.2) is 8.42 Å². The van der Waals surface area contributed by atoms with Crippen LogP contribution in [0.4, 0.5) is 13.2 Å². The molecule has 0 aromatic rings. The van der Waals surface area contributed by atoms with Gasteiger partial charge in [0.1, 0.15) is 0 Å². The average Bonchev–Trinajstić information content (AvgIpc) is 1.75. The Hall–Kier alpha value is -0.390. The fourth-order valence-corrected chi connectivity index (χ4v) is 2.57. The molecule has 92 valence electrons. The lowest BCUT2D eigenvalue weighted by Crippen LogP contribution is -2.41. The molecule has 0 aliphatic rings. The number of halogens is 3. The molecule has 0 bridgehead atoms. The van der Waals surface area contributed by atoms with Crippen molar-refractivity contribution in [2.45, 2.75) is 25.5 Å². The maximum Gasteiger partial charge on any atom is 0.512 e. The minimum absolute atomic E-state index is 0.401. The second-order valence-electron chi connectivity index (χ2n) is 2.63. The first kappa shape index (κ1) is 14.6. The van der Waals surface area contributed by atoms with Gasteiger partial charge in [0.2, 0.25) is 0 Å². The van der Waals surface area contributed by atoms with Crippen LogP contribution in [0, 0.1) is 0 Å². The van der Waals surface area contributed by atoms with Crippen molar-refractivity contribution >= 4 is 20.3 Å². The number of rotatable bonds is 4. The molecule has 0 aliphatic carbocycles. The van der Waals surface area contributed by atoms with Gasteiger partial charge in [0.15, 0.2) is 0 Å². The molecule has 0 aliphatic heterocycles. The van der Waals surface area contributed by atoms with E-state index in [1.807, 2.05) is 0 Å². The van der Waals surface area contributed by atoms with Gasteiger partial charge in [-0.05, 0) is 13.8 Å². The highest BCUT2D eigenvalue weighted by Crippen LogP contribution is 2.22. The fourth-order valence-electron chi connectivity index (χ4n) is 0.455.